The summed E-state index contributed by atoms with van der Waals surface area (Å²) in [7, 11) is 0. The minimum Gasteiger partial charge on any atom is -0.486 e. The van der Waals surface area contributed by atoms with Crippen molar-refractivity contribution >= 4 is 22.1 Å². The molecule has 0 N–H and O–H groups in total. The standard InChI is InChI=1S/C18H13N2O.C13H12N.Ir/c1-11-8-9-19-16(10-11)15-5-3-4-13-14-7-6-12(2)20-18(14)21-17(13)15;1-10-8-13(14-9-11(10)2)12-6-4-3-5-7-12;/h3-4,6-10H,1-2H3;3-6,8-9H,1-2H3;/q2*-1;/i2*1D3,2D3;. The summed E-state index contributed by atoms with van der Waals surface area (Å²) >= 11 is 0. The molecule has 1 radical (unpaired) electrons. The third kappa shape index (κ3) is 5.28. The Balaban J connectivity index is 0.000000222. The Morgan fingerprint density at radius 1 is 0.806 bits per heavy atom. The van der Waals surface area contributed by atoms with Crippen molar-refractivity contribution in [3.8, 4) is 22.5 Å². The van der Waals surface area contributed by atoms with E-state index in [-0.39, 0.29) is 48.2 Å². The molecule has 6 aromatic rings. The topological polar surface area (TPSA) is 51.8 Å². The second-order valence-corrected chi connectivity index (χ2v) is 7.57. The Hall–Kier alpha value is -3.66. The average molecular weight is 660 g/mol. The summed E-state index contributed by atoms with van der Waals surface area (Å²) in [5.41, 5.74) is 2.22. The molecular formula is C31H25IrN3O-2. The van der Waals surface area contributed by atoms with E-state index in [9.17, 15) is 0 Å². The average Bonchev–Trinajstić information content (AvgIpc) is 3.38. The molecule has 2 aromatic carbocycles. The van der Waals surface area contributed by atoms with Crippen molar-refractivity contribution in [1.82, 2.24) is 15.0 Å². The fourth-order valence-electron chi connectivity index (χ4n) is 3.54. The molecule has 0 atom stereocenters. The second-order valence-electron chi connectivity index (χ2n) is 7.57. The number of rotatable bonds is 2. The molecule has 0 fully saturated rings. The van der Waals surface area contributed by atoms with Crippen LogP contribution in [0, 0.1) is 39.5 Å². The molecule has 0 aliphatic heterocycles. The number of nitrogens with zero attached hydrogens (tertiary/aromatic N) is 3. The van der Waals surface area contributed by atoms with Crippen LogP contribution in [-0.2, 0) is 20.1 Å². The monoisotopic (exact) mass is 660 g/mol. The van der Waals surface area contributed by atoms with Crippen molar-refractivity contribution in [2.24, 2.45) is 0 Å². The number of hydrogen-bond acceptors (Lipinski definition) is 4. The molecule has 0 saturated carbocycles. The number of pyridine rings is 3. The number of hydrogen-bond donors (Lipinski definition) is 0. The van der Waals surface area contributed by atoms with E-state index in [0.29, 0.717) is 33.5 Å². The molecule has 5 heteroatoms. The summed E-state index contributed by atoms with van der Waals surface area (Å²) in [6, 6.07) is 23.8. The molecule has 36 heavy (non-hydrogen) atoms. The van der Waals surface area contributed by atoms with Crippen LogP contribution >= 0.6 is 0 Å². The van der Waals surface area contributed by atoms with Gasteiger partial charge in [0.1, 0.15) is 0 Å². The molecule has 0 bridgehead atoms. The van der Waals surface area contributed by atoms with Crippen molar-refractivity contribution in [2.75, 3.05) is 0 Å². The van der Waals surface area contributed by atoms with E-state index in [1.165, 1.54) is 30.5 Å². The van der Waals surface area contributed by atoms with E-state index in [1.54, 1.807) is 42.5 Å². The molecule has 0 spiro atoms. The van der Waals surface area contributed by atoms with Gasteiger partial charge in [0.2, 0.25) is 5.71 Å². The van der Waals surface area contributed by atoms with E-state index in [4.69, 9.17) is 20.9 Å². The maximum atomic E-state index is 7.57. The molecule has 181 valence electrons. The van der Waals surface area contributed by atoms with E-state index < -0.39 is 27.4 Å². The van der Waals surface area contributed by atoms with Gasteiger partial charge in [0.25, 0.3) is 0 Å². The normalized spacial score (nSPS) is 16.9. The van der Waals surface area contributed by atoms with Crippen LogP contribution < -0.4 is 0 Å². The molecular weight excluding hydrogens is 623 g/mol. The number of furan rings is 1. The molecule has 4 heterocycles. The maximum absolute atomic E-state index is 7.57. The van der Waals surface area contributed by atoms with Gasteiger partial charge in [-0.1, -0.05) is 34.2 Å². The van der Waals surface area contributed by atoms with E-state index in [0.717, 1.165) is 11.6 Å². The first-order valence-electron chi connectivity index (χ1n) is 16.5. The minimum atomic E-state index is -2.50. The third-order valence-electron chi connectivity index (χ3n) is 5.20. The van der Waals surface area contributed by atoms with Gasteiger partial charge >= 0.3 is 0 Å². The second kappa shape index (κ2) is 10.9. The van der Waals surface area contributed by atoms with Gasteiger partial charge in [-0.15, -0.1) is 54.1 Å². The third-order valence-corrected chi connectivity index (χ3v) is 5.20. The quantitative estimate of drug-likeness (QED) is 0.180. The summed E-state index contributed by atoms with van der Waals surface area (Å²) < 4.78 is 95.8. The van der Waals surface area contributed by atoms with Crippen molar-refractivity contribution in [3.05, 3.63) is 114 Å². The van der Waals surface area contributed by atoms with Crippen LogP contribution in [0.5, 0.6) is 0 Å². The van der Waals surface area contributed by atoms with Gasteiger partial charge in [0.15, 0.2) is 0 Å². The smallest absolute Gasteiger partial charge is 0.216 e. The molecule has 0 unspecified atom stereocenters. The van der Waals surface area contributed by atoms with Gasteiger partial charge in [-0.3, -0.25) is 0 Å². The van der Waals surface area contributed by atoms with Crippen molar-refractivity contribution in [3.63, 3.8) is 0 Å². The van der Waals surface area contributed by atoms with Gasteiger partial charge in [-0.2, -0.15) is 0 Å². The Morgan fingerprint density at radius 3 is 2.56 bits per heavy atom. The summed E-state index contributed by atoms with van der Waals surface area (Å²) in [6.45, 7) is -9.60. The molecule has 0 aliphatic carbocycles. The van der Waals surface area contributed by atoms with Gasteiger partial charge < -0.3 is 14.4 Å². The summed E-state index contributed by atoms with van der Waals surface area (Å²) in [6.07, 6.45) is 2.54. The van der Waals surface area contributed by atoms with Crippen LogP contribution in [-0.4, -0.2) is 15.0 Å². The van der Waals surface area contributed by atoms with Gasteiger partial charge in [-0.25, -0.2) is 4.98 Å². The van der Waals surface area contributed by atoms with Gasteiger partial charge in [0.05, 0.1) is 5.58 Å². The van der Waals surface area contributed by atoms with Gasteiger partial charge in [-0.05, 0) is 62.6 Å². The first-order valence-corrected chi connectivity index (χ1v) is 10.5. The van der Waals surface area contributed by atoms with Crippen molar-refractivity contribution < 1.29 is 41.0 Å². The fourth-order valence-corrected chi connectivity index (χ4v) is 3.54. The summed E-state index contributed by atoms with van der Waals surface area (Å²) in [4.78, 5) is 12.4. The molecule has 0 amide bonds. The number of aromatic nitrogens is 3. The largest absolute Gasteiger partial charge is 0.486 e. The Bertz CT molecular complexity index is 2050. The Morgan fingerprint density at radius 2 is 1.75 bits per heavy atom. The number of aryl methyl sites for hydroxylation is 4. The maximum Gasteiger partial charge on any atom is 0.216 e. The summed E-state index contributed by atoms with van der Waals surface area (Å²) in [5, 5.41) is 1.39. The minimum absolute atomic E-state index is 0. The summed E-state index contributed by atoms with van der Waals surface area (Å²) in [5.74, 6) is 0. The van der Waals surface area contributed by atoms with Crippen LogP contribution in [0.25, 0.3) is 44.6 Å². The Kier molecular flexibility index (Phi) is 4.31. The Labute approximate surface area is 241 Å². The first-order chi connectivity index (χ1) is 21.8. The van der Waals surface area contributed by atoms with Gasteiger partial charge in [0, 0.05) is 60.0 Å². The molecule has 0 saturated heterocycles. The molecule has 4 nitrogen and oxygen atoms in total. The van der Waals surface area contributed by atoms with E-state index >= 15 is 0 Å². The van der Waals surface area contributed by atoms with E-state index in [2.05, 4.69) is 27.1 Å². The zero-order valence-electron chi connectivity index (χ0n) is 30.6. The van der Waals surface area contributed by atoms with Crippen molar-refractivity contribution in [1.29, 1.82) is 0 Å². The number of benzene rings is 2. The van der Waals surface area contributed by atoms with Crippen LogP contribution in [0.15, 0.2) is 83.5 Å². The molecule has 6 rings (SSSR count). The van der Waals surface area contributed by atoms with Crippen LogP contribution in [0.4, 0.5) is 0 Å². The predicted octanol–water partition coefficient (Wildman–Crippen LogP) is 7.62. The van der Waals surface area contributed by atoms with Crippen LogP contribution in [0.2, 0.25) is 0 Å². The van der Waals surface area contributed by atoms with Crippen molar-refractivity contribution in [2.45, 2.75) is 27.4 Å². The molecule has 0 aliphatic rings. The van der Waals surface area contributed by atoms with Crippen LogP contribution in [0.3, 0.4) is 0 Å². The zero-order chi connectivity index (χ0) is 34.4. The van der Waals surface area contributed by atoms with E-state index in [1.807, 2.05) is 0 Å². The predicted molar refractivity (Wildman–Crippen MR) is 141 cm³/mol. The zero-order valence-corrected chi connectivity index (χ0v) is 21.0. The first kappa shape index (κ1) is 14.2. The fraction of sp³-hybridized carbons (Fsp3) is 0.129. The number of fused-ring (bicyclic) bond motifs is 3. The molecule has 4 aromatic heterocycles. The van der Waals surface area contributed by atoms with Crippen LogP contribution in [0.1, 0.15) is 38.8 Å². The SMILES string of the molecule is [2H]C([2H])([2H])c1ccnc(-c2[c-]ccc3c2oc2nc(C([2H])([2H])[2H])ccc23)c1.[2H]C([2H])([2H])c1cnc(-c2[c-]cccc2)cc1C([2H])([2H])[2H].[Ir].